The molecule has 2 heterocycles. The molecule has 0 bridgehead atoms. The fourth-order valence-electron chi connectivity index (χ4n) is 2.46. The number of carbonyl (C=O) groups is 2. The second kappa shape index (κ2) is 7.42. The third-order valence-corrected chi connectivity index (χ3v) is 4.84. The van der Waals surface area contributed by atoms with Gasteiger partial charge in [-0.2, -0.15) is 0 Å². The van der Waals surface area contributed by atoms with Gasteiger partial charge >= 0.3 is 5.97 Å². The highest BCUT2D eigenvalue weighted by atomic mass is 32.1. The topological polar surface area (TPSA) is 66.8 Å². The predicted octanol–water partition coefficient (Wildman–Crippen LogP) is 3.18. The molecular weight excluding hydrogens is 326 g/mol. The molecule has 1 saturated heterocycles. The summed E-state index contributed by atoms with van der Waals surface area (Å²) in [6, 6.07) is 11.0. The van der Waals surface area contributed by atoms with E-state index in [1.807, 2.05) is 24.3 Å². The number of carboxylic acid groups (broad SMARTS) is 1. The number of rotatable bonds is 5. The van der Waals surface area contributed by atoms with Crippen molar-refractivity contribution >= 4 is 34.9 Å². The zero-order valence-electron chi connectivity index (χ0n) is 13.0. The summed E-state index contributed by atoms with van der Waals surface area (Å²) in [5.41, 5.74) is 2.07. The minimum Gasteiger partial charge on any atom is -0.477 e. The lowest BCUT2D eigenvalue weighted by Crippen LogP contribution is -2.36. The smallest absolute Gasteiger partial charge is 0.345 e. The lowest BCUT2D eigenvalue weighted by atomic mass is 10.1. The third kappa shape index (κ3) is 3.90. The number of nitrogens with zero attached hydrogens (tertiary/aromatic N) is 1. The molecule has 0 radical (unpaired) electrons. The minimum absolute atomic E-state index is 0.168. The maximum absolute atomic E-state index is 12.1. The van der Waals surface area contributed by atoms with Crippen molar-refractivity contribution < 1.29 is 19.4 Å². The van der Waals surface area contributed by atoms with Crippen molar-refractivity contribution in [2.75, 3.05) is 31.2 Å². The van der Waals surface area contributed by atoms with Crippen molar-refractivity contribution in [3.63, 3.8) is 0 Å². The molecule has 0 aliphatic carbocycles. The zero-order chi connectivity index (χ0) is 16.9. The van der Waals surface area contributed by atoms with E-state index in [2.05, 4.69) is 4.90 Å². The molecule has 1 N–H and O–H groups in total. The van der Waals surface area contributed by atoms with Crippen LogP contribution in [-0.2, 0) is 4.74 Å². The molecule has 0 saturated carbocycles. The maximum atomic E-state index is 12.1. The van der Waals surface area contributed by atoms with Gasteiger partial charge in [0.2, 0.25) is 0 Å². The Morgan fingerprint density at radius 2 is 1.71 bits per heavy atom. The summed E-state index contributed by atoms with van der Waals surface area (Å²) in [5, 5.41) is 8.89. The lowest BCUT2D eigenvalue weighted by molar-refractivity contribution is 0.0702. The number of morpholine rings is 1. The second-order valence-electron chi connectivity index (χ2n) is 5.36. The van der Waals surface area contributed by atoms with Gasteiger partial charge in [-0.25, -0.2) is 4.79 Å². The van der Waals surface area contributed by atoms with Crippen LogP contribution in [0.2, 0.25) is 0 Å². The van der Waals surface area contributed by atoms with Crippen LogP contribution in [0.5, 0.6) is 0 Å². The molecule has 1 aliphatic rings. The van der Waals surface area contributed by atoms with Gasteiger partial charge in [0.05, 0.1) is 18.1 Å². The van der Waals surface area contributed by atoms with Gasteiger partial charge in [0, 0.05) is 18.8 Å². The average molecular weight is 343 g/mol. The van der Waals surface area contributed by atoms with Crippen molar-refractivity contribution in [1.82, 2.24) is 0 Å². The first-order valence-corrected chi connectivity index (χ1v) is 8.43. The third-order valence-electron chi connectivity index (χ3n) is 3.76. The Labute approximate surface area is 143 Å². The number of allylic oxidation sites excluding steroid dienone is 1. The van der Waals surface area contributed by atoms with Gasteiger partial charge in [0.1, 0.15) is 4.88 Å². The quantitative estimate of drug-likeness (QED) is 0.667. The number of hydrogen-bond donors (Lipinski definition) is 1. The van der Waals surface area contributed by atoms with Gasteiger partial charge in [-0.3, -0.25) is 4.79 Å². The van der Waals surface area contributed by atoms with Crippen molar-refractivity contribution in [1.29, 1.82) is 0 Å². The van der Waals surface area contributed by atoms with E-state index in [0.29, 0.717) is 4.88 Å². The largest absolute Gasteiger partial charge is 0.477 e. The Hall–Kier alpha value is -2.44. The van der Waals surface area contributed by atoms with Gasteiger partial charge in [0.15, 0.2) is 5.78 Å². The van der Waals surface area contributed by atoms with Crippen molar-refractivity contribution in [3.05, 3.63) is 57.8 Å². The second-order valence-corrected chi connectivity index (χ2v) is 6.44. The number of carboxylic acids is 1. The molecule has 3 rings (SSSR count). The summed E-state index contributed by atoms with van der Waals surface area (Å²) in [6.45, 7) is 3.26. The molecule has 0 amide bonds. The van der Waals surface area contributed by atoms with Gasteiger partial charge in [0.25, 0.3) is 0 Å². The van der Waals surface area contributed by atoms with Gasteiger partial charge in [-0.15, -0.1) is 11.3 Å². The van der Waals surface area contributed by atoms with Crippen LogP contribution in [0, 0.1) is 0 Å². The zero-order valence-corrected chi connectivity index (χ0v) is 13.8. The molecule has 6 heteroatoms. The number of ketones is 1. The fraction of sp³-hybridized carbons (Fsp3) is 0.222. The fourth-order valence-corrected chi connectivity index (χ4v) is 3.22. The molecule has 2 aromatic rings. The molecule has 1 aromatic heterocycles. The number of hydrogen-bond acceptors (Lipinski definition) is 5. The molecule has 124 valence electrons. The highest BCUT2D eigenvalue weighted by Crippen LogP contribution is 2.19. The van der Waals surface area contributed by atoms with Crippen molar-refractivity contribution in [3.8, 4) is 0 Å². The Morgan fingerprint density at radius 3 is 2.33 bits per heavy atom. The molecular formula is C18H17NO4S. The first kappa shape index (κ1) is 16.4. The normalized spacial score (nSPS) is 14.9. The van der Waals surface area contributed by atoms with E-state index in [-0.39, 0.29) is 10.7 Å². The van der Waals surface area contributed by atoms with Crippen LogP contribution >= 0.6 is 11.3 Å². The molecule has 1 aliphatic heterocycles. The molecule has 1 aromatic carbocycles. The van der Waals surface area contributed by atoms with Crippen molar-refractivity contribution in [2.45, 2.75) is 0 Å². The Kier molecular flexibility index (Phi) is 5.08. The standard InChI is InChI=1S/C18H17NO4S/c20-15(16-7-8-17(24-16)18(21)22)6-3-13-1-4-14(5-2-13)19-9-11-23-12-10-19/h1-8H,9-12H2,(H,21,22)/b6-3+. The average Bonchev–Trinajstić information content (AvgIpc) is 3.11. The summed E-state index contributed by atoms with van der Waals surface area (Å²) in [4.78, 5) is 25.8. The predicted molar refractivity (Wildman–Crippen MR) is 94.1 cm³/mol. The summed E-state index contributed by atoms with van der Waals surface area (Å²) in [7, 11) is 0. The number of anilines is 1. The number of aromatic carboxylic acids is 1. The molecule has 0 unspecified atom stereocenters. The maximum Gasteiger partial charge on any atom is 0.345 e. The number of benzene rings is 1. The van der Waals surface area contributed by atoms with Gasteiger partial charge in [-0.05, 0) is 35.9 Å². The SMILES string of the molecule is O=C(O)c1ccc(C(=O)/C=C/c2ccc(N3CCOCC3)cc2)s1. The monoisotopic (exact) mass is 343 g/mol. The lowest BCUT2D eigenvalue weighted by Gasteiger charge is -2.28. The molecule has 5 nitrogen and oxygen atoms in total. The van der Waals surface area contributed by atoms with Crippen molar-refractivity contribution in [2.24, 2.45) is 0 Å². The van der Waals surface area contributed by atoms with Crippen LogP contribution < -0.4 is 4.90 Å². The van der Waals surface area contributed by atoms with Crippen LogP contribution in [-0.4, -0.2) is 43.2 Å². The van der Waals surface area contributed by atoms with Crippen LogP contribution in [0.4, 0.5) is 5.69 Å². The number of ether oxygens (including phenoxy) is 1. The molecule has 24 heavy (non-hydrogen) atoms. The van der Waals surface area contributed by atoms with E-state index >= 15 is 0 Å². The summed E-state index contributed by atoms with van der Waals surface area (Å²) in [6.07, 6.45) is 3.22. The summed E-state index contributed by atoms with van der Waals surface area (Å²) >= 11 is 0.987. The van der Waals surface area contributed by atoms with Crippen LogP contribution in [0.3, 0.4) is 0 Å². The summed E-state index contributed by atoms with van der Waals surface area (Å²) < 4.78 is 5.34. The Bertz CT molecular complexity index is 758. The highest BCUT2D eigenvalue weighted by molar-refractivity contribution is 7.16. The van der Waals surface area contributed by atoms with E-state index in [0.717, 1.165) is 48.9 Å². The highest BCUT2D eigenvalue weighted by Gasteiger charge is 2.12. The molecule has 0 atom stereocenters. The van der Waals surface area contributed by atoms with E-state index in [9.17, 15) is 9.59 Å². The Balaban J connectivity index is 1.65. The number of thiophene rings is 1. The van der Waals surface area contributed by atoms with Crippen LogP contribution in [0.1, 0.15) is 24.9 Å². The Morgan fingerprint density at radius 1 is 1.04 bits per heavy atom. The van der Waals surface area contributed by atoms with E-state index < -0.39 is 5.97 Å². The van der Waals surface area contributed by atoms with Crippen LogP contribution in [0.25, 0.3) is 6.08 Å². The van der Waals surface area contributed by atoms with E-state index in [1.165, 1.54) is 12.1 Å². The van der Waals surface area contributed by atoms with Crippen LogP contribution in [0.15, 0.2) is 42.5 Å². The van der Waals surface area contributed by atoms with Gasteiger partial charge < -0.3 is 14.7 Å². The summed E-state index contributed by atoms with van der Waals surface area (Å²) in [5.74, 6) is -1.20. The first-order chi connectivity index (χ1) is 11.6. The van der Waals surface area contributed by atoms with E-state index in [4.69, 9.17) is 9.84 Å². The molecule has 0 spiro atoms. The number of carbonyl (C=O) groups excluding carboxylic acids is 1. The van der Waals surface area contributed by atoms with Gasteiger partial charge in [-0.1, -0.05) is 18.2 Å². The first-order valence-electron chi connectivity index (χ1n) is 7.62. The molecule has 1 fully saturated rings. The van der Waals surface area contributed by atoms with E-state index in [1.54, 1.807) is 12.1 Å². The minimum atomic E-state index is -1.01.